The van der Waals surface area contributed by atoms with Gasteiger partial charge in [-0.2, -0.15) is 11.8 Å². The van der Waals surface area contributed by atoms with Crippen LogP contribution in [0.2, 0.25) is 0 Å². The SMILES string of the molecule is CCCNc1cc(NC2CCC(SC)C2)nc(C(C)C)n1. The number of anilines is 2. The smallest absolute Gasteiger partial charge is 0.135 e. The van der Waals surface area contributed by atoms with Gasteiger partial charge in [0.2, 0.25) is 0 Å². The van der Waals surface area contributed by atoms with Crippen molar-refractivity contribution in [3.05, 3.63) is 11.9 Å². The van der Waals surface area contributed by atoms with Gasteiger partial charge >= 0.3 is 0 Å². The highest BCUT2D eigenvalue weighted by Crippen LogP contribution is 2.30. The maximum absolute atomic E-state index is 4.69. The first kappa shape index (κ1) is 16.4. The van der Waals surface area contributed by atoms with Crippen molar-refractivity contribution in [2.75, 3.05) is 23.4 Å². The summed E-state index contributed by atoms with van der Waals surface area (Å²) in [4.78, 5) is 9.30. The molecule has 2 unspecified atom stereocenters. The average molecular weight is 308 g/mol. The molecule has 2 atom stereocenters. The third kappa shape index (κ3) is 4.77. The summed E-state index contributed by atoms with van der Waals surface area (Å²) in [5, 5.41) is 7.79. The van der Waals surface area contributed by atoms with Crippen LogP contribution in [0, 0.1) is 0 Å². The summed E-state index contributed by atoms with van der Waals surface area (Å²) in [6.07, 6.45) is 7.09. The molecule has 0 radical (unpaired) electrons. The lowest BCUT2D eigenvalue weighted by Gasteiger charge is -2.16. The molecular weight excluding hydrogens is 280 g/mol. The lowest BCUT2D eigenvalue weighted by atomic mass is 10.2. The van der Waals surface area contributed by atoms with Gasteiger partial charge in [-0.05, 0) is 31.9 Å². The number of hydrogen-bond acceptors (Lipinski definition) is 5. The highest BCUT2D eigenvalue weighted by molar-refractivity contribution is 7.99. The van der Waals surface area contributed by atoms with Gasteiger partial charge in [-0.1, -0.05) is 20.8 Å². The van der Waals surface area contributed by atoms with Gasteiger partial charge < -0.3 is 10.6 Å². The van der Waals surface area contributed by atoms with Crippen LogP contribution in [0.3, 0.4) is 0 Å². The predicted molar refractivity (Wildman–Crippen MR) is 93.5 cm³/mol. The van der Waals surface area contributed by atoms with Crippen LogP contribution in [0.5, 0.6) is 0 Å². The minimum Gasteiger partial charge on any atom is -0.370 e. The fourth-order valence-corrected chi connectivity index (χ4v) is 3.43. The van der Waals surface area contributed by atoms with E-state index in [2.05, 4.69) is 47.6 Å². The van der Waals surface area contributed by atoms with Crippen LogP contribution in [0.15, 0.2) is 6.07 Å². The van der Waals surface area contributed by atoms with Crippen LogP contribution in [-0.4, -0.2) is 34.1 Å². The second-order valence-corrected chi connectivity index (χ2v) is 7.23. The van der Waals surface area contributed by atoms with Gasteiger partial charge in [0, 0.05) is 29.8 Å². The topological polar surface area (TPSA) is 49.8 Å². The second-order valence-electron chi connectivity index (χ2n) is 6.09. The fourth-order valence-electron chi connectivity index (χ4n) is 2.64. The van der Waals surface area contributed by atoms with E-state index in [1.807, 2.05) is 17.8 Å². The third-order valence-electron chi connectivity index (χ3n) is 3.89. The van der Waals surface area contributed by atoms with Gasteiger partial charge in [0.15, 0.2) is 0 Å². The van der Waals surface area contributed by atoms with Gasteiger partial charge in [0.25, 0.3) is 0 Å². The molecule has 1 saturated carbocycles. The zero-order valence-corrected chi connectivity index (χ0v) is 14.5. The predicted octanol–water partition coefficient (Wildman–Crippen LogP) is 4.12. The molecule has 0 aromatic carbocycles. The van der Waals surface area contributed by atoms with Crippen molar-refractivity contribution in [1.29, 1.82) is 0 Å². The maximum atomic E-state index is 4.69. The van der Waals surface area contributed by atoms with E-state index in [4.69, 9.17) is 0 Å². The number of rotatable bonds is 7. The average Bonchev–Trinajstić information content (AvgIpc) is 2.92. The third-order valence-corrected chi connectivity index (χ3v) is 4.98. The number of nitrogens with zero attached hydrogens (tertiary/aromatic N) is 2. The van der Waals surface area contributed by atoms with Crippen LogP contribution in [0.1, 0.15) is 58.2 Å². The summed E-state index contributed by atoms with van der Waals surface area (Å²) in [5.74, 6) is 3.17. The van der Waals surface area contributed by atoms with E-state index in [0.717, 1.165) is 35.7 Å². The zero-order valence-electron chi connectivity index (χ0n) is 13.6. The summed E-state index contributed by atoms with van der Waals surface area (Å²) in [5.41, 5.74) is 0. The van der Waals surface area contributed by atoms with Crippen molar-refractivity contribution < 1.29 is 0 Å². The molecule has 1 aliphatic rings. The number of thioether (sulfide) groups is 1. The van der Waals surface area contributed by atoms with Gasteiger partial charge in [0.1, 0.15) is 17.5 Å². The minimum absolute atomic E-state index is 0.344. The molecule has 21 heavy (non-hydrogen) atoms. The second kappa shape index (κ2) is 7.87. The molecule has 0 saturated heterocycles. The van der Waals surface area contributed by atoms with Crippen LogP contribution in [0.25, 0.3) is 0 Å². The number of hydrogen-bond donors (Lipinski definition) is 2. The Morgan fingerprint density at radius 1 is 1.29 bits per heavy atom. The first-order valence-corrected chi connectivity index (χ1v) is 9.33. The van der Waals surface area contributed by atoms with Gasteiger partial charge in [0.05, 0.1) is 0 Å². The summed E-state index contributed by atoms with van der Waals surface area (Å²) in [7, 11) is 0. The highest BCUT2D eigenvalue weighted by Gasteiger charge is 2.24. The van der Waals surface area contributed by atoms with Crippen molar-refractivity contribution in [3.63, 3.8) is 0 Å². The van der Waals surface area contributed by atoms with E-state index < -0.39 is 0 Å². The van der Waals surface area contributed by atoms with E-state index in [1.54, 1.807) is 0 Å². The maximum Gasteiger partial charge on any atom is 0.135 e. The van der Waals surface area contributed by atoms with Gasteiger partial charge in [-0.25, -0.2) is 9.97 Å². The molecular formula is C16H28N4S. The molecule has 0 bridgehead atoms. The Kier molecular flexibility index (Phi) is 6.15. The van der Waals surface area contributed by atoms with Crippen molar-refractivity contribution in [3.8, 4) is 0 Å². The Morgan fingerprint density at radius 2 is 2.05 bits per heavy atom. The molecule has 1 aromatic rings. The van der Waals surface area contributed by atoms with Gasteiger partial charge in [-0.3, -0.25) is 0 Å². The number of nitrogens with one attached hydrogen (secondary N) is 2. The highest BCUT2D eigenvalue weighted by atomic mass is 32.2. The quantitative estimate of drug-likeness (QED) is 0.793. The Balaban J connectivity index is 2.08. The Hall–Kier alpha value is -0.970. The molecule has 0 spiro atoms. The molecule has 1 heterocycles. The molecule has 1 aromatic heterocycles. The summed E-state index contributed by atoms with van der Waals surface area (Å²) >= 11 is 1.98. The summed E-state index contributed by atoms with van der Waals surface area (Å²) in [6, 6.07) is 2.60. The van der Waals surface area contributed by atoms with Crippen LogP contribution in [-0.2, 0) is 0 Å². The normalized spacial score (nSPS) is 21.8. The van der Waals surface area contributed by atoms with E-state index >= 15 is 0 Å². The fraction of sp³-hybridized carbons (Fsp3) is 0.750. The van der Waals surface area contributed by atoms with Gasteiger partial charge in [-0.15, -0.1) is 0 Å². The molecule has 5 heteroatoms. The van der Waals surface area contributed by atoms with Crippen LogP contribution < -0.4 is 10.6 Å². The standard InChI is InChI=1S/C16H28N4S/c1-5-8-17-14-10-15(20-16(19-14)11(2)3)18-12-6-7-13(9-12)21-4/h10-13H,5-9H2,1-4H3,(H2,17,18,19,20). The molecule has 118 valence electrons. The Bertz CT molecular complexity index is 450. The first-order chi connectivity index (χ1) is 10.1. The molecule has 2 rings (SSSR count). The summed E-state index contributed by atoms with van der Waals surface area (Å²) < 4.78 is 0. The summed E-state index contributed by atoms with van der Waals surface area (Å²) in [6.45, 7) is 7.40. The van der Waals surface area contributed by atoms with Crippen LogP contribution in [0.4, 0.5) is 11.6 Å². The Morgan fingerprint density at radius 3 is 2.67 bits per heavy atom. The molecule has 0 amide bonds. The monoisotopic (exact) mass is 308 g/mol. The minimum atomic E-state index is 0.344. The van der Waals surface area contributed by atoms with Crippen molar-refractivity contribution in [1.82, 2.24) is 9.97 Å². The lowest BCUT2D eigenvalue weighted by molar-refractivity contribution is 0.736. The van der Waals surface area contributed by atoms with E-state index in [1.165, 1.54) is 19.3 Å². The molecule has 2 N–H and O–H groups in total. The Labute approximate surface area is 132 Å². The number of aromatic nitrogens is 2. The zero-order chi connectivity index (χ0) is 15.2. The van der Waals surface area contributed by atoms with Crippen LogP contribution >= 0.6 is 11.8 Å². The van der Waals surface area contributed by atoms with E-state index in [0.29, 0.717) is 12.0 Å². The molecule has 4 nitrogen and oxygen atoms in total. The largest absolute Gasteiger partial charge is 0.370 e. The molecule has 1 aliphatic carbocycles. The van der Waals surface area contributed by atoms with E-state index in [9.17, 15) is 0 Å². The van der Waals surface area contributed by atoms with Crippen molar-refractivity contribution in [2.45, 2.75) is 63.7 Å². The first-order valence-electron chi connectivity index (χ1n) is 8.04. The van der Waals surface area contributed by atoms with Crippen molar-refractivity contribution >= 4 is 23.4 Å². The lowest BCUT2D eigenvalue weighted by Crippen LogP contribution is -2.18. The molecule has 1 fully saturated rings. The van der Waals surface area contributed by atoms with Crippen molar-refractivity contribution in [2.24, 2.45) is 0 Å². The van der Waals surface area contributed by atoms with E-state index in [-0.39, 0.29) is 0 Å². The molecule has 0 aliphatic heterocycles.